The predicted molar refractivity (Wildman–Crippen MR) is 161 cm³/mol. The van der Waals surface area contributed by atoms with Gasteiger partial charge in [-0.05, 0) is 109 Å². The molecule has 10 heteroatoms. The van der Waals surface area contributed by atoms with Crippen molar-refractivity contribution >= 4 is 33.6 Å². The van der Waals surface area contributed by atoms with Crippen LogP contribution in [0.15, 0.2) is 34.9 Å². The summed E-state index contributed by atoms with van der Waals surface area (Å²) in [7, 11) is 0. The maximum Gasteiger partial charge on any atom is 0.412 e. The third kappa shape index (κ3) is 6.97. The summed E-state index contributed by atoms with van der Waals surface area (Å²) < 4.78 is 22.9. The zero-order valence-electron chi connectivity index (χ0n) is 25.1. The molecule has 2 amide bonds. The Morgan fingerprint density at radius 2 is 1.88 bits per heavy atom. The summed E-state index contributed by atoms with van der Waals surface area (Å²) in [5.41, 5.74) is 4.36. The SMILES string of the molecule is Cc1cc(C)c(CC(=O)N2CC(n3cc(-c4cc(NC(=O)OC(C)(C)C)ccc4F)nn3)CCC2(C)C)c(C)c1Br. The summed E-state index contributed by atoms with van der Waals surface area (Å²) in [5, 5.41) is 11.2. The van der Waals surface area contributed by atoms with Crippen molar-refractivity contribution in [1.82, 2.24) is 19.9 Å². The zero-order chi connectivity index (χ0) is 30.3. The van der Waals surface area contributed by atoms with Crippen molar-refractivity contribution in [2.24, 2.45) is 0 Å². The Morgan fingerprint density at radius 1 is 1.17 bits per heavy atom. The molecule has 8 nitrogen and oxygen atoms in total. The van der Waals surface area contributed by atoms with Gasteiger partial charge in [-0.15, -0.1) is 5.10 Å². The number of aromatic nitrogens is 3. The Labute approximate surface area is 249 Å². The molecule has 1 fully saturated rings. The van der Waals surface area contributed by atoms with Crippen LogP contribution < -0.4 is 5.32 Å². The fourth-order valence-electron chi connectivity index (χ4n) is 5.38. The maximum absolute atomic E-state index is 14.8. The van der Waals surface area contributed by atoms with Gasteiger partial charge in [0.05, 0.1) is 18.7 Å². The highest BCUT2D eigenvalue weighted by Crippen LogP contribution is 2.35. The Bertz CT molecular complexity index is 1480. The van der Waals surface area contributed by atoms with E-state index < -0.39 is 17.5 Å². The first-order valence-electron chi connectivity index (χ1n) is 13.8. The molecular weight excluding hydrogens is 589 g/mol. The summed E-state index contributed by atoms with van der Waals surface area (Å²) in [6.45, 7) is 16.1. The van der Waals surface area contributed by atoms with Gasteiger partial charge in [0.25, 0.3) is 0 Å². The highest BCUT2D eigenvalue weighted by molar-refractivity contribution is 9.10. The molecular formula is C31H39BrFN5O3. The van der Waals surface area contributed by atoms with Gasteiger partial charge in [-0.3, -0.25) is 10.1 Å². The molecule has 1 saturated heterocycles. The minimum absolute atomic E-state index is 0.0638. The lowest BCUT2D eigenvalue weighted by Gasteiger charge is -2.45. The summed E-state index contributed by atoms with van der Waals surface area (Å²) in [5.74, 6) is -0.419. The van der Waals surface area contributed by atoms with E-state index in [-0.39, 0.29) is 23.1 Å². The average Bonchev–Trinajstić information content (AvgIpc) is 3.35. The quantitative estimate of drug-likeness (QED) is 0.320. The van der Waals surface area contributed by atoms with Crippen molar-refractivity contribution in [3.8, 4) is 11.3 Å². The number of halogens is 2. The van der Waals surface area contributed by atoms with E-state index in [1.165, 1.54) is 18.2 Å². The Hall–Kier alpha value is -3.27. The van der Waals surface area contributed by atoms with Gasteiger partial charge in [0.15, 0.2) is 0 Å². The molecule has 1 unspecified atom stereocenters. The number of ether oxygens (including phenoxy) is 1. The van der Waals surface area contributed by atoms with Crippen LogP contribution in [0, 0.1) is 26.6 Å². The van der Waals surface area contributed by atoms with Gasteiger partial charge in [-0.1, -0.05) is 27.2 Å². The highest BCUT2D eigenvalue weighted by atomic mass is 79.9. The average molecular weight is 629 g/mol. The number of aryl methyl sites for hydroxylation is 2. The molecule has 0 bridgehead atoms. The van der Waals surface area contributed by atoms with E-state index in [1.807, 2.05) is 18.7 Å². The molecule has 0 spiro atoms. The first-order chi connectivity index (χ1) is 19.1. The van der Waals surface area contributed by atoms with Crippen molar-refractivity contribution < 1.29 is 18.7 Å². The summed E-state index contributed by atoms with van der Waals surface area (Å²) in [6, 6.07) is 6.26. The third-order valence-electron chi connectivity index (χ3n) is 7.65. The largest absolute Gasteiger partial charge is 0.444 e. The van der Waals surface area contributed by atoms with Crippen molar-refractivity contribution in [3.05, 3.63) is 63.0 Å². The maximum atomic E-state index is 14.8. The molecule has 220 valence electrons. The first-order valence-corrected chi connectivity index (χ1v) is 14.6. The number of likely N-dealkylation sites (tertiary alicyclic amines) is 1. The van der Waals surface area contributed by atoms with Crippen LogP contribution in [0.25, 0.3) is 11.3 Å². The van der Waals surface area contributed by atoms with Gasteiger partial charge in [0.1, 0.15) is 17.1 Å². The predicted octanol–water partition coefficient (Wildman–Crippen LogP) is 7.30. The van der Waals surface area contributed by atoms with Crippen molar-refractivity contribution in [1.29, 1.82) is 0 Å². The fraction of sp³-hybridized carbons (Fsp3) is 0.484. The second kappa shape index (κ2) is 11.5. The lowest BCUT2D eigenvalue weighted by molar-refractivity contribution is -0.139. The number of carbonyl (C=O) groups excluding carboxylic acids is 2. The van der Waals surface area contributed by atoms with E-state index in [1.54, 1.807) is 31.6 Å². The summed E-state index contributed by atoms with van der Waals surface area (Å²) >= 11 is 3.67. The van der Waals surface area contributed by atoms with E-state index in [0.717, 1.165) is 39.6 Å². The number of carbonyl (C=O) groups is 2. The first kappa shape index (κ1) is 30.7. The number of nitrogens with zero attached hydrogens (tertiary/aromatic N) is 4. The van der Waals surface area contributed by atoms with E-state index in [2.05, 4.69) is 58.4 Å². The minimum atomic E-state index is -0.659. The van der Waals surface area contributed by atoms with E-state index in [4.69, 9.17) is 4.74 Å². The number of hydrogen-bond donors (Lipinski definition) is 1. The minimum Gasteiger partial charge on any atom is -0.444 e. The van der Waals surface area contributed by atoms with Gasteiger partial charge in [-0.25, -0.2) is 13.9 Å². The Kier molecular flexibility index (Phi) is 8.64. The van der Waals surface area contributed by atoms with Crippen molar-refractivity contribution in [3.63, 3.8) is 0 Å². The number of piperidine rings is 1. The number of benzene rings is 2. The molecule has 2 heterocycles. The van der Waals surface area contributed by atoms with Gasteiger partial charge in [-0.2, -0.15) is 0 Å². The van der Waals surface area contributed by atoms with Crippen LogP contribution >= 0.6 is 15.9 Å². The van der Waals surface area contributed by atoms with E-state index in [9.17, 15) is 14.0 Å². The molecule has 0 saturated carbocycles. The Balaban J connectivity index is 1.53. The standard InChI is InChI=1S/C31H39BrFN5O3/c1-18-13-19(2)28(32)20(3)23(18)15-27(39)37-16-22(11-12-31(37,7)8)38-17-26(35-36-38)24-14-21(9-10-25(24)33)34-29(40)41-30(4,5)6/h9-10,13-14,17,22H,11-12,15-16H2,1-8H3,(H,34,40). The summed E-state index contributed by atoms with van der Waals surface area (Å²) in [6.07, 6.45) is 2.98. The molecule has 1 aliphatic heterocycles. The molecule has 1 aromatic heterocycles. The third-order valence-corrected chi connectivity index (χ3v) is 8.87. The molecule has 1 N–H and O–H groups in total. The molecule has 41 heavy (non-hydrogen) atoms. The molecule has 1 aliphatic rings. The normalized spacial score (nSPS) is 16.9. The van der Waals surface area contributed by atoms with Crippen LogP contribution in [0.3, 0.4) is 0 Å². The van der Waals surface area contributed by atoms with E-state index in [0.29, 0.717) is 24.3 Å². The van der Waals surface area contributed by atoms with Crippen LogP contribution in [0.2, 0.25) is 0 Å². The molecule has 0 radical (unpaired) electrons. The van der Waals surface area contributed by atoms with Gasteiger partial charge in [0, 0.05) is 27.8 Å². The number of nitrogens with one attached hydrogen (secondary N) is 1. The second-order valence-corrected chi connectivity index (χ2v) is 13.3. The fourth-order valence-corrected chi connectivity index (χ4v) is 5.73. The zero-order valence-corrected chi connectivity index (χ0v) is 26.6. The molecule has 3 aromatic rings. The number of amides is 2. The van der Waals surface area contributed by atoms with Gasteiger partial charge >= 0.3 is 6.09 Å². The number of hydrogen-bond acceptors (Lipinski definition) is 5. The molecule has 4 rings (SSSR count). The topological polar surface area (TPSA) is 89.4 Å². The van der Waals surface area contributed by atoms with Crippen LogP contribution in [0.5, 0.6) is 0 Å². The van der Waals surface area contributed by atoms with Crippen LogP contribution in [-0.2, 0) is 16.0 Å². The van der Waals surface area contributed by atoms with E-state index >= 15 is 0 Å². The lowest BCUT2D eigenvalue weighted by atomic mass is 9.87. The second-order valence-electron chi connectivity index (χ2n) is 12.5. The monoisotopic (exact) mass is 627 g/mol. The number of anilines is 1. The molecule has 0 aliphatic carbocycles. The van der Waals surface area contributed by atoms with Crippen molar-refractivity contribution in [2.45, 2.75) is 91.8 Å². The summed E-state index contributed by atoms with van der Waals surface area (Å²) in [4.78, 5) is 27.9. The molecule has 2 aromatic carbocycles. The lowest BCUT2D eigenvalue weighted by Crippen LogP contribution is -2.54. The molecule has 1 atom stereocenters. The van der Waals surface area contributed by atoms with Crippen LogP contribution in [0.1, 0.15) is 75.8 Å². The highest BCUT2D eigenvalue weighted by Gasteiger charge is 2.38. The smallest absolute Gasteiger partial charge is 0.412 e. The van der Waals surface area contributed by atoms with Crippen molar-refractivity contribution in [2.75, 3.05) is 11.9 Å². The van der Waals surface area contributed by atoms with Crippen LogP contribution in [-0.4, -0.2) is 49.6 Å². The Morgan fingerprint density at radius 3 is 2.56 bits per heavy atom. The number of rotatable bonds is 5. The van der Waals surface area contributed by atoms with Crippen LogP contribution in [0.4, 0.5) is 14.9 Å². The van der Waals surface area contributed by atoms with Gasteiger partial charge in [0.2, 0.25) is 5.91 Å². The van der Waals surface area contributed by atoms with Gasteiger partial charge < -0.3 is 9.64 Å².